The molecule has 5 heteroatoms. The predicted octanol–water partition coefficient (Wildman–Crippen LogP) is 3.29. The lowest BCUT2D eigenvalue weighted by Gasteiger charge is -2.34. The average Bonchev–Trinajstić information content (AvgIpc) is 2.99. The van der Waals surface area contributed by atoms with Crippen LogP contribution in [-0.2, 0) is 4.74 Å². The van der Waals surface area contributed by atoms with Crippen LogP contribution < -0.4 is 18.9 Å². The summed E-state index contributed by atoms with van der Waals surface area (Å²) in [4.78, 5) is 0. The Balaban J connectivity index is 1.80. The van der Waals surface area contributed by atoms with Crippen LogP contribution >= 0.6 is 0 Å². The topological polar surface area (TPSA) is 46.2 Å². The Bertz CT molecular complexity index is 742. The maximum absolute atomic E-state index is 6.20. The van der Waals surface area contributed by atoms with Crippen LogP contribution in [0.3, 0.4) is 0 Å². The van der Waals surface area contributed by atoms with Crippen molar-refractivity contribution >= 4 is 0 Å². The van der Waals surface area contributed by atoms with Gasteiger partial charge in [-0.3, -0.25) is 0 Å². The highest BCUT2D eigenvalue weighted by Crippen LogP contribution is 2.54. The molecule has 4 rings (SSSR count). The van der Waals surface area contributed by atoms with E-state index in [2.05, 4.69) is 0 Å². The first-order valence-electron chi connectivity index (χ1n) is 7.47. The third-order valence-corrected chi connectivity index (χ3v) is 4.46. The first-order valence-corrected chi connectivity index (χ1v) is 7.47. The third kappa shape index (κ3) is 2.11. The van der Waals surface area contributed by atoms with Crippen LogP contribution in [0.25, 0.3) is 0 Å². The molecule has 0 radical (unpaired) electrons. The summed E-state index contributed by atoms with van der Waals surface area (Å²) in [6, 6.07) is 11.6. The second kappa shape index (κ2) is 5.35. The molecule has 0 bridgehead atoms. The first-order chi connectivity index (χ1) is 11.2. The van der Waals surface area contributed by atoms with Gasteiger partial charge < -0.3 is 23.7 Å². The molecule has 120 valence electrons. The van der Waals surface area contributed by atoms with Gasteiger partial charge in [0.05, 0.1) is 20.1 Å². The van der Waals surface area contributed by atoms with Gasteiger partial charge in [0.1, 0.15) is 29.1 Å². The van der Waals surface area contributed by atoms with Crippen molar-refractivity contribution in [1.29, 1.82) is 0 Å². The zero-order chi connectivity index (χ0) is 16.0. The summed E-state index contributed by atoms with van der Waals surface area (Å²) < 4.78 is 28.4. The molecule has 23 heavy (non-hydrogen) atoms. The van der Waals surface area contributed by atoms with Crippen molar-refractivity contribution in [1.82, 2.24) is 0 Å². The quantitative estimate of drug-likeness (QED) is 0.870. The fraction of sp³-hybridized carbons (Fsp3) is 0.333. The Kier molecular flexibility index (Phi) is 3.31. The zero-order valence-corrected chi connectivity index (χ0v) is 13.2. The second-order valence-corrected chi connectivity index (χ2v) is 5.59. The van der Waals surface area contributed by atoms with Crippen molar-refractivity contribution < 1.29 is 23.7 Å². The van der Waals surface area contributed by atoms with Crippen molar-refractivity contribution in [2.75, 3.05) is 21.3 Å². The van der Waals surface area contributed by atoms with Crippen LogP contribution in [0.15, 0.2) is 36.4 Å². The van der Waals surface area contributed by atoms with Crippen molar-refractivity contribution in [2.45, 2.75) is 18.3 Å². The number of fused-ring (bicyclic) bond motifs is 5. The molecule has 0 aliphatic carbocycles. The number of rotatable bonds is 3. The maximum Gasteiger partial charge on any atom is 0.210 e. The molecular weight excluding hydrogens is 296 g/mol. The Labute approximate surface area is 134 Å². The Morgan fingerprint density at radius 1 is 0.783 bits per heavy atom. The van der Waals surface area contributed by atoms with Gasteiger partial charge in [0.25, 0.3) is 0 Å². The number of hydrogen-bond acceptors (Lipinski definition) is 5. The van der Waals surface area contributed by atoms with Crippen LogP contribution in [0.4, 0.5) is 0 Å². The predicted molar refractivity (Wildman–Crippen MR) is 83.5 cm³/mol. The molecule has 0 saturated carbocycles. The molecule has 5 nitrogen and oxygen atoms in total. The van der Waals surface area contributed by atoms with E-state index in [0.717, 1.165) is 34.1 Å². The lowest BCUT2D eigenvalue weighted by Crippen LogP contribution is -2.34. The fourth-order valence-electron chi connectivity index (χ4n) is 3.31. The van der Waals surface area contributed by atoms with Crippen molar-refractivity contribution in [3.63, 3.8) is 0 Å². The van der Waals surface area contributed by atoms with Gasteiger partial charge in [-0.15, -0.1) is 0 Å². The Hall–Kier alpha value is -2.40. The summed E-state index contributed by atoms with van der Waals surface area (Å²) >= 11 is 0. The molecule has 0 saturated heterocycles. The number of benzene rings is 2. The largest absolute Gasteiger partial charge is 0.497 e. The fourth-order valence-corrected chi connectivity index (χ4v) is 3.31. The lowest BCUT2D eigenvalue weighted by molar-refractivity contribution is -0.0994. The Morgan fingerprint density at radius 2 is 1.39 bits per heavy atom. The minimum absolute atomic E-state index is 0.0122. The van der Waals surface area contributed by atoms with Crippen LogP contribution in [0.1, 0.15) is 23.1 Å². The second-order valence-electron chi connectivity index (χ2n) is 5.59. The van der Waals surface area contributed by atoms with Crippen LogP contribution in [0.5, 0.6) is 23.0 Å². The molecule has 0 amide bonds. The summed E-state index contributed by atoms with van der Waals surface area (Å²) in [7, 11) is 4.93. The summed E-state index contributed by atoms with van der Waals surface area (Å²) in [5, 5.41) is 0. The normalized spacial score (nSPS) is 23.9. The third-order valence-electron chi connectivity index (χ3n) is 4.46. The number of methoxy groups -OCH3 is 3. The standard InChI is InChI=1S/C18H18O5/c1-19-10-4-6-12-14(8-10)22-17-13-7-5-11(20-2)9-15(13)23-18(21-3)16(12)17/h4-9,16-18H,1-3H3. The van der Waals surface area contributed by atoms with Crippen LogP contribution in [0, 0.1) is 0 Å². The maximum atomic E-state index is 6.20. The first kappa shape index (κ1) is 14.2. The smallest absolute Gasteiger partial charge is 0.210 e. The van der Waals surface area contributed by atoms with Crippen molar-refractivity contribution in [2.24, 2.45) is 0 Å². The van der Waals surface area contributed by atoms with Crippen LogP contribution in [-0.4, -0.2) is 27.6 Å². The van der Waals surface area contributed by atoms with Gasteiger partial charge in [-0.25, -0.2) is 0 Å². The van der Waals surface area contributed by atoms with E-state index in [1.54, 1.807) is 21.3 Å². The molecule has 2 heterocycles. The molecule has 2 aliphatic heterocycles. The van der Waals surface area contributed by atoms with Gasteiger partial charge >= 0.3 is 0 Å². The minimum atomic E-state index is -0.408. The molecule has 0 fully saturated rings. The summed E-state index contributed by atoms with van der Waals surface area (Å²) in [6.07, 6.45) is -0.550. The van der Waals surface area contributed by atoms with Gasteiger partial charge in [-0.2, -0.15) is 0 Å². The molecule has 2 aromatic carbocycles. The van der Waals surface area contributed by atoms with E-state index in [4.69, 9.17) is 23.7 Å². The van der Waals surface area contributed by atoms with E-state index >= 15 is 0 Å². The molecule has 0 spiro atoms. The van der Waals surface area contributed by atoms with Gasteiger partial charge in [0, 0.05) is 30.4 Å². The summed E-state index contributed by atoms with van der Waals surface area (Å²) in [5.41, 5.74) is 2.07. The van der Waals surface area contributed by atoms with Crippen molar-refractivity contribution in [3.05, 3.63) is 47.5 Å². The van der Waals surface area contributed by atoms with Gasteiger partial charge in [-0.1, -0.05) is 6.07 Å². The van der Waals surface area contributed by atoms with E-state index in [0.29, 0.717) is 0 Å². The van der Waals surface area contributed by atoms with E-state index in [9.17, 15) is 0 Å². The van der Waals surface area contributed by atoms with E-state index in [-0.39, 0.29) is 12.0 Å². The van der Waals surface area contributed by atoms with Gasteiger partial charge in [0.15, 0.2) is 0 Å². The molecule has 2 aromatic rings. The number of ether oxygens (including phenoxy) is 5. The number of hydrogen-bond donors (Lipinski definition) is 0. The Morgan fingerprint density at radius 3 is 2.00 bits per heavy atom. The minimum Gasteiger partial charge on any atom is -0.497 e. The van der Waals surface area contributed by atoms with E-state index in [1.807, 2.05) is 36.4 Å². The zero-order valence-electron chi connectivity index (χ0n) is 13.2. The van der Waals surface area contributed by atoms with Gasteiger partial charge in [-0.05, 0) is 18.2 Å². The van der Waals surface area contributed by atoms with E-state index < -0.39 is 6.29 Å². The molecule has 3 atom stereocenters. The molecule has 0 aromatic heterocycles. The average molecular weight is 314 g/mol. The molecular formula is C18H18O5. The highest BCUT2D eigenvalue weighted by atomic mass is 16.7. The lowest BCUT2D eigenvalue weighted by atomic mass is 9.88. The highest BCUT2D eigenvalue weighted by molar-refractivity contribution is 5.53. The summed E-state index contributed by atoms with van der Waals surface area (Å²) in [5.74, 6) is 3.05. The molecule has 3 unspecified atom stereocenters. The van der Waals surface area contributed by atoms with Crippen LogP contribution in [0.2, 0.25) is 0 Å². The monoisotopic (exact) mass is 314 g/mol. The molecule has 2 aliphatic rings. The van der Waals surface area contributed by atoms with Gasteiger partial charge in [0.2, 0.25) is 6.29 Å². The SMILES string of the molecule is COc1ccc2c(c1)OC(OC)C1c3ccc(OC)cc3OC21. The van der Waals surface area contributed by atoms with Crippen molar-refractivity contribution in [3.8, 4) is 23.0 Å². The van der Waals surface area contributed by atoms with E-state index in [1.165, 1.54) is 0 Å². The summed E-state index contributed by atoms with van der Waals surface area (Å²) in [6.45, 7) is 0. The highest BCUT2D eigenvalue weighted by Gasteiger charge is 2.47. The molecule has 0 N–H and O–H groups in total.